The molecule has 2 heterocycles. The minimum atomic E-state index is -0.275. The number of nitrogens with one attached hydrogen (secondary N) is 2. The lowest BCUT2D eigenvalue weighted by Gasteiger charge is -2.31. The van der Waals surface area contributed by atoms with Gasteiger partial charge in [-0.2, -0.15) is 0 Å². The highest BCUT2D eigenvalue weighted by Crippen LogP contribution is 2.28. The zero-order valence-corrected chi connectivity index (χ0v) is 12.7. The van der Waals surface area contributed by atoms with Crippen LogP contribution in [0, 0.1) is 0 Å². The zero-order chi connectivity index (χ0) is 16.1. The van der Waals surface area contributed by atoms with Crippen LogP contribution in [-0.4, -0.2) is 37.2 Å². The molecule has 1 aliphatic rings. The van der Waals surface area contributed by atoms with Gasteiger partial charge in [-0.15, -0.1) is 5.10 Å². The second-order valence-corrected chi connectivity index (χ2v) is 5.62. The van der Waals surface area contributed by atoms with E-state index in [9.17, 15) is 4.79 Å². The smallest absolute Gasteiger partial charge is 0.320 e. The highest BCUT2D eigenvalue weighted by atomic mass is 16.3. The van der Waals surface area contributed by atoms with Crippen molar-refractivity contribution in [3.05, 3.63) is 36.3 Å². The van der Waals surface area contributed by atoms with Crippen molar-refractivity contribution in [1.82, 2.24) is 25.3 Å². The van der Waals surface area contributed by atoms with Gasteiger partial charge in [0.05, 0.1) is 24.9 Å². The van der Waals surface area contributed by atoms with Gasteiger partial charge in [0.2, 0.25) is 0 Å². The number of amides is 2. The van der Waals surface area contributed by atoms with Gasteiger partial charge in [0.15, 0.2) is 0 Å². The Hall–Kier alpha value is -2.48. The van der Waals surface area contributed by atoms with E-state index in [1.54, 1.807) is 29.2 Å². The number of aliphatic hydroxyl groups excluding tert-OH is 1. The first kappa shape index (κ1) is 15.4. The van der Waals surface area contributed by atoms with Crippen LogP contribution in [0.3, 0.4) is 0 Å². The molecule has 1 saturated carbocycles. The number of aliphatic hydroxyl groups is 1. The summed E-state index contributed by atoms with van der Waals surface area (Å²) in [5, 5.41) is 22.8. The van der Waals surface area contributed by atoms with E-state index < -0.39 is 0 Å². The molecule has 1 aliphatic carbocycles. The minimum Gasteiger partial charge on any atom is -0.390 e. The maximum Gasteiger partial charge on any atom is 0.320 e. The Bertz CT molecular complexity index is 644. The monoisotopic (exact) mass is 316 g/mol. The lowest BCUT2D eigenvalue weighted by molar-refractivity contribution is 0.222. The summed E-state index contributed by atoms with van der Waals surface area (Å²) in [7, 11) is 0. The Kier molecular flexibility index (Phi) is 4.82. The predicted octanol–water partition coefficient (Wildman–Crippen LogP) is 1.47. The SMILES string of the molecule is O=C(Nc1ccccn1)N[C@H]1CCCC[C@H]1n1cc(CO)nn1. The van der Waals surface area contributed by atoms with Crippen molar-refractivity contribution in [3.8, 4) is 0 Å². The van der Waals surface area contributed by atoms with E-state index in [4.69, 9.17) is 5.11 Å². The number of hydrogen-bond acceptors (Lipinski definition) is 5. The number of carbonyl (C=O) groups is 1. The summed E-state index contributed by atoms with van der Waals surface area (Å²) in [6, 6.07) is 5.10. The molecular weight excluding hydrogens is 296 g/mol. The molecule has 2 amide bonds. The number of rotatable bonds is 4. The van der Waals surface area contributed by atoms with E-state index in [-0.39, 0.29) is 24.7 Å². The highest BCUT2D eigenvalue weighted by molar-refractivity contribution is 5.88. The van der Waals surface area contributed by atoms with Crippen molar-refractivity contribution in [2.45, 2.75) is 44.4 Å². The van der Waals surface area contributed by atoms with Gasteiger partial charge in [-0.25, -0.2) is 14.5 Å². The number of hydrogen-bond donors (Lipinski definition) is 3. The van der Waals surface area contributed by atoms with Crippen LogP contribution in [0.15, 0.2) is 30.6 Å². The molecule has 0 aliphatic heterocycles. The van der Waals surface area contributed by atoms with Crippen molar-refractivity contribution >= 4 is 11.8 Å². The summed E-state index contributed by atoms with van der Waals surface area (Å²) in [5.74, 6) is 0.515. The van der Waals surface area contributed by atoms with Crippen molar-refractivity contribution in [1.29, 1.82) is 0 Å². The standard InChI is InChI=1S/C15H20N6O2/c22-10-11-9-21(20-19-11)13-6-2-1-5-12(13)17-15(23)18-14-7-3-4-8-16-14/h3-4,7-9,12-13,22H,1-2,5-6,10H2,(H2,16,17,18,23)/t12-,13+/m0/s1. The van der Waals surface area contributed by atoms with Crippen molar-refractivity contribution < 1.29 is 9.90 Å². The first-order chi connectivity index (χ1) is 11.3. The average Bonchev–Trinajstić information content (AvgIpc) is 3.05. The summed E-state index contributed by atoms with van der Waals surface area (Å²) >= 11 is 0. The fourth-order valence-electron chi connectivity index (χ4n) is 2.90. The molecule has 0 bridgehead atoms. The van der Waals surface area contributed by atoms with Gasteiger partial charge in [0.25, 0.3) is 0 Å². The molecule has 0 unspecified atom stereocenters. The van der Waals surface area contributed by atoms with Gasteiger partial charge in [0.1, 0.15) is 11.5 Å². The van der Waals surface area contributed by atoms with E-state index in [0.717, 1.165) is 25.7 Å². The third-order valence-corrected chi connectivity index (χ3v) is 4.01. The number of pyridine rings is 1. The maximum atomic E-state index is 12.2. The van der Waals surface area contributed by atoms with E-state index in [2.05, 4.69) is 25.9 Å². The molecule has 1 fully saturated rings. The first-order valence-electron chi connectivity index (χ1n) is 7.76. The highest BCUT2D eigenvalue weighted by Gasteiger charge is 2.29. The van der Waals surface area contributed by atoms with Gasteiger partial charge < -0.3 is 10.4 Å². The average molecular weight is 316 g/mol. The van der Waals surface area contributed by atoms with Crippen LogP contribution in [0.4, 0.5) is 10.6 Å². The van der Waals surface area contributed by atoms with Gasteiger partial charge in [-0.3, -0.25) is 5.32 Å². The second-order valence-electron chi connectivity index (χ2n) is 5.62. The fourth-order valence-corrected chi connectivity index (χ4v) is 2.90. The molecule has 3 rings (SSSR count). The molecule has 2 atom stereocenters. The lowest BCUT2D eigenvalue weighted by Crippen LogP contribution is -2.45. The normalized spacial score (nSPS) is 20.9. The topological polar surface area (TPSA) is 105 Å². The third kappa shape index (κ3) is 3.84. The molecule has 8 heteroatoms. The van der Waals surface area contributed by atoms with E-state index >= 15 is 0 Å². The van der Waals surface area contributed by atoms with E-state index in [1.165, 1.54) is 0 Å². The molecule has 2 aromatic heterocycles. The Morgan fingerprint density at radius 3 is 2.96 bits per heavy atom. The van der Waals surface area contributed by atoms with E-state index in [0.29, 0.717) is 11.5 Å². The minimum absolute atomic E-state index is 0.0271. The number of carbonyl (C=O) groups excluding carboxylic acids is 1. The Balaban J connectivity index is 1.65. The molecule has 0 saturated heterocycles. The molecule has 0 aromatic carbocycles. The third-order valence-electron chi connectivity index (χ3n) is 4.01. The summed E-state index contributed by atoms with van der Waals surface area (Å²) in [5.41, 5.74) is 0.535. The zero-order valence-electron chi connectivity index (χ0n) is 12.7. The molecule has 23 heavy (non-hydrogen) atoms. The number of aromatic nitrogens is 4. The van der Waals surface area contributed by atoms with Crippen molar-refractivity contribution in [3.63, 3.8) is 0 Å². The fraction of sp³-hybridized carbons (Fsp3) is 0.467. The van der Waals surface area contributed by atoms with Gasteiger partial charge in [-0.05, 0) is 25.0 Å². The Labute approximate surface area is 133 Å². The number of urea groups is 1. The number of nitrogens with zero attached hydrogens (tertiary/aromatic N) is 4. The van der Waals surface area contributed by atoms with Gasteiger partial charge >= 0.3 is 6.03 Å². The summed E-state index contributed by atoms with van der Waals surface area (Å²) in [4.78, 5) is 16.2. The first-order valence-corrected chi connectivity index (χ1v) is 7.76. The van der Waals surface area contributed by atoms with Crippen LogP contribution in [0.2, 0.25) is 0 Å². The van der Waals surface area contributed by atoms with Crippen molar-refractivity contribution in [2.75, 3.05) is 5.32 Å². The van der Waals surface area contributed by atoms with Crippen LogP contribution in [0.25, 0.3) is 0 Å². The summed E-state index contributed by atoms with van der Waals surface area (Å²) in [6.45, 7) is -0.134. The Morgan fingerprint density at radius 1 is 1.35 bits per heavy atom. The summed E-state index contributed by atoms with van der Waals surface area (Å²) in [6.07, 6.45) is 7.31. The molecule has 8 nitrogen and oxygen atoms in total. The van der Waals surface area contributed by atoms with Crippen LogP contribution in [-0.2, 0) is 6.61 Å². The number of anilines is 1. The molecule has 0 radical (unpaired) electrons. The van der Waals surface area contributed by atoms with Gasteiger partial charge in [-0.1, -0.05) is 24.1 Å². The largest absolute Gasteiger partial charge is 0.390 e. The van der Waals surface area contributed by atoms with E-state index in [1.807, 2.05) is 6.07 Å². The molecule has 0 spiro atoms. The molecule has 122 valence electrons. The van der Waals surface area contributed by atoms with Crippen LogP contribution >= 0.6 is 0 Å². The lowest BCUT2D eigenvalue weighted by atomic mass is 9.90. The van der Waals surface area contributed by atoms with Crippen molar-refractivity contribution in [2.24, 2.45) is 0 Å². The molecule has 3 N–H and O–H groups in total. The second kappa shape index (κ2) is 7.19. The molecule has 2 aromatic rings. The molecular formula is C15H20N6O2. The van der Waals surface area contributed by atoms with Gasteiger partial charge in [0, 0.05) is 6.20 Å². The van der Waals surface area contributed by atoms with Crippen LogP contribution < -0.4 is 10.6 Å². The van der Waals surface area contributed by atoms with Crippen LogP contribution in [0.1, 0.15) is 37.4 Å². The maximum absolute atomic E-state index is 12.2. The summed E-state index contributed by atoms with van der Waals surface area (Å²) < 4.78 is 1.75. The van der Waals surface area contributed by atoms with Crippen LogP contribution in [0.5, 0.6) is 0 Å². The quantitative estimate of drug-likeness (QED) is 0.792. The predicted molar refractivity (Wildman–Crippen MR) is 83.6 cm³/mol. The Morgan fingerprint density at radius 2 is 2.22 bits per heavy atom.